The fourth-order valence-electron chi connectivity index (χ4n) is 14.1. The monoisotopic (exact) mass is 1630 g/mol. The van der Waals surface area contributed by atoms with Gasteiger partial charge in [-0.05, 0) is 12.8 Å². The molecule has 5 heterocycles. The van der Waals surface area contributed by atoms with E-state index in [0.29, 0.717) is 19.3 Å². The largest absolute Gasteiger partial charge is 0.472 e. The predicted octanol–water partition coefficient (Wildman–Crippen LogP) is -2.76. The number of carbonyl (C=O) groups excluding carboxylic acids is 2. The SMILES string of the molecule is CCCCCCCCCCCCCCCCC(=O)OC[C@H](COP(=O)(O)O[C@@H]1C(O[C@@H]2OC(CO[C@@H]3OC(CO[C@@H]4OC(CO[C@@H]5OC(CO)[C@H](O)C(O)[C@@H]5O)[C@H](O)C(O)[C@@H]4O)[C@H](O)C(O)[C@@H]3O)[C@H](O)C(O)[C@@H]2O)C(O)[C@@H](O)C(O)[C@H]1O[C@H]1OC(CO)[C@@H](O)C(O)[C@H]1O)OC(=O)CCCCCCCCCCCCCCC. The number of ether oxygens (including phenoxy) is 12. The highest BCUT2D eigenvalue weighted by Gasteiger charge is 2.59. The number of hydrogen-bond donors (Lipinski definition) is 21. The van der Waals surface area contributed by atoms with Crippen LogP contribution in [0.15, 0.2) is 0 Å². The summed E-state index contributed by atoms with van der Waals surface area (Å²) >= 11 is 0. The van der Waals surface area contributed by atoms with Crippen molar-refractivity contribution in [2.45, 2.75) is 396 Å². The summed E-state index contributed by atoms with van der Waals surface area (Å²) in [6, 6.07) is 0. The van der Waals surface area contributed by atoms with E-state index in [0.717, 1.165) is 64.2 Å². The molecule has 6 rings (SSSR count). The van der Waals surface area contributed by atoms with Gasteiger partial charge in [-0.1, -0.05) is 174 Å². The van der Waals surface area contributed by atoms with Gasteiger partial charge in [-0.15, -0.1) is 0 Å². The molecule has 1 aliphatic carbocycles. The molecule has 0 aromatic rings. The summed E-state index contributed by atoms with van der Waals surface area (Å²) in [6.45, 7) is -1.89. The minimum absolute atomic E-state index is 0.0148. The highest BCUT2D eigenvalue weighted by molar-refractivity contribution is 7.47. The molecule has 1 saturated carbocycles. The first-order valence-corrected chi connectivity index (χ1v) is 41.4. The predicted molar refractivity (Wildman–Crippen MR) is 380 cm³/mol. The van der Waals surface area contributed by atoms with Gasteiger partial charge in [-0.25, -0.2) is 4.57 Å². The molecule has 5 saturated heterocycles. The molecule has 14 unspecified atom stereocenters. The molecule has 21 N–H and O–H groups in total. The summed E-state index contributed by atoms with van der Waals surface area (Å²) in [5, 5.41) is 217. The van der Waals surface area contributed by atoms with Crippen LogP contribution in [0.2, 0.25) is 0 Å². The molecule has 5 aliphatic heterocycles. The van der Waals surface area contributed by atoms with Crippen molar-refractivity contribution in [2.24, 2.45) is 0 Å². The Labute approximate surface area is 647 Å². The molecule has 111 heavy (non-hydrogen) atoms. The van der Waals surface area contributed by atoms with Crippen molar-refractivity contribution in [1.29, 1.82) is 0 Å². The summed E-state index contributed by atoms with van der Waals surface area (Å²) < 4.78 is 92.9. The van der Waals surface area contributed by atoms with Crippen molar-refractivity contribution in [3.63, 3.8) is 0 Å². The van der Waals surface area contributed by atoms with Crippen molar-refractivity contribution >= 4 is 19.8 Å². The number of esters is 2. The zero-order valence-corrected chi connectivity index (χ0v) is 64.6. The molecule has 6 aliphatic rings. The normalized spacial score (nSPS) is 38.4. The van der Waals surface area contributed by atoms with Gasteiger partial charge >= 0.3 is 19.8 Å². The third-order valence-corrected chi connectivity index (χ3v) is 22.2. The standard InChI is InChI=1S/C72H131O38P/c1-3-5-7-9-11-13-15-17-19-20-22-24-26-28-30-45(75)97-34-39(102-46(76)31-29-27-25-23-21-18-16-14-12-10-8-6-4-2)35-101-111(95,96)110-67-65(108-71-63(93)53(83)48(78)41(33-74)104-71)58(88)57(87)59(89)66(67)109-72-64(94)56(86)51(81)44(107-72)38-100-70-62(92)55(85)50(80)43(106-70)37-99-69-61(91)54(84)49(79)42(105-69)36-98-68-60(90)52(82)47(77)40(32-73)103-68/h39-44,47-74,77-94H,3-38H2,1-2H3,(H,95,96)/t39-,40?,41?,42?,43?,44?,47+,48-,49+,50+,51+,52?,53?,54?,55?,56?,57+,58?,59?,60+,61+,62+,63-,64+,65-,66?,67+,68-,69-,70-,71-,72+/m1/s1. The second-order valence-corrected chi connectivity index (χ2v) is 31.5. The minimum Gasteiger partial charge on any atom is -0.462 e. The van der Waals surface area contributed by atoms with E-state index in [1.165, 1.54) is 89.9 Å². The Hall–Kier alpha value is -2.15. The van der Waals surface area contributed by atoms with E-state index in [1.54, 1.807) is 0 Å². The number of carbonyl (C=O) groups is 2. The van der Waals surface area contributed by atoms with E-state index in [-0.39, 0.29) is 12.8 Å². The molecule has 0 bridgehead atoms. The second kappa shape index (κ2) is 50.7. The highest BCUT2D eigenvalue weighted by atomic mass is 31.2. The van der Waals surface area contributed by atoms with Gasteiger partial charge in [0.15, 0.2) is 37.6 Å². The average Bonchev–Trinajstić information content (AvgIpc) is 0.758. The number of aliphatic hydroxyl groups is 20. The molecule has 0 spiro atoms. The molecule has 0 radical (unpaired) electrons. The molecule has 0 aromatic carbocycles. The summed E-state index contributed by atoms with van der Waals surface area (Å²) in [7, 11) is -5.85. The Morgan fingerprint density at radius 2 is 0.595 bits per heavy atom. The minimum atomic E-state index is -5.85. The van der Waals surface area contributed by atoms with Crippen LogP contribution in [0, 0.1) is 0 Å². The first-order chi connectivity index (χ1) is 53.0. The van der Waals surface area contributed by atoms with E-state index in [4.69, 9.17) is 65.9 Å². The lowest BCUT2D eigenvalue weighted by Crippen LogP contribution is -2.69. The summed E-state index contributed by atoms with van der Waals surface area (Å²) in [5.74, 6) is -1.47. The van der Waals surface area contributed by atoms with Crippen LogP contribution in [0.1, 0.15) is 200 Å². The quantitative estimate of drug-likeness (QED) is 0.0167. The second-order valence-electron chi connectivity index (χ2n) is 30.1. The molecular formula is C72H131O38P. The Kier molecular flexibility index (Phi) is 44.6. The maximum Gasteiger partial charge on any atom is 0.472 e. The number of hydrogen-bond acceptors (Lipinski definition) is 37. The Morgan fingerprint density at radius 3 is 0.928 bits per heavy atom. The Bertz CT molecular complexity index is 2580. The summed E-state index contributed by atoms with van der Waals surface area (Å²) in [5.41, 5.74) is 0. The van der Waals surface area contributed by atoms with Gasteiger partial charge in [0.25, 0.3) is 0 Å². The third kappa shape index (κ3) is 30.3. The smallest absolute Gasteiger partial charge is 0.462 e. The van der Waals surface area contributed by atoms with Gasteiger partial charge in [-0.2, -0.15) is 0 Å². The molecule has 38 nitrogen and oxygen atoms in total. The van der Waals surface area contributed by atoms with Gasteiger partial charge in [0.2, 0.25) is 0 Å². The van der Waals surface area contributed by atoms with Crippen LogP contribution in [0.4, 0.5) is 0 Å². The van der Waals surface area contributed by atoms with E-state index in [9.17, 15) is 121 Å². The van der Waals surface area contributed by atoms with E-state index in [2.05, 4.69) is 13.8 Å². The molecule has 0 amide bonds. The number of unbranched alkanes of at least 4 members (excludes halogenated alkanes) is 25. The van der Waals surface area contributed by atoms with Crippen LogP contribution in [0.5, 0.6) is 0 Å². The number of aliphatic hydroxyl groups excluding tert-OH is 20. The maximum atomic E-state index is 14.5. The summed E-state index contributed by atoms with van der Waals surface area (Å²) in [4.78, 5) is 38.3. The lowest BCUT2D eigenvalue weighted by Gasteiger charge is -2.49. The highest BCUT2D eigenvalue weighted by Crippen LogP contribution is 2.49. The van der Waals surface area contributed by atoms with Crippen LogP contribution in [-0.2, 0) is 80.0 Å². The fraction of sp³-hybridized carbons (Fsp3) is 0.972. The Morgan fingerprint density at radius 1 is 0.324 bits per heavy atom. The van der Waals surface area contributed by atoms with Crippen molar-refractivity contribution < 1.29 is 187 Å². The van der Waals surface area contributed by atoms with E-state index >= 15 is 0 Å². The first kappa shape index (κ1) is 97.7. The first-order valence-electron chi connectivity index (χ1n) is 39.9. The van der Waals surface area contributed by atoms with Crippen molar-refractivity contribution in [3.05, 3.63) is 0 Å². The van der Waals surface area contributed by atoms with Crippen LogP contribution in [0.3, 0.4) is 0 Å². The van der Waals surface area contributed by atoms with E-state index < -0.39 is 262 Å². The number of phosphoric acid groups is 1. The van der Waals surface area contributed by atoms with Gasteiger partial charge in [0.05, 0.1) is 39.6 Å². The summed E-state index contributed by atoms with van der Waals surface area (Å²) in [6.07, 6.45) is -38.0. The van der Waals surface area contributed by atoms with Crippen molar-refractivity contribution in [3.8, 4) is 0 Å². The average molecular weight is 1640 g/mol. The lowest BCUT2D eigenvalue weighted by atomic mass is 9.84. The van der Waals surface area contributed by atoms with Crippen LogP contribution >= 0.6 is 7.82 Å². The Balaban J connectivity index is 1.13. The molecule has 6 fully saturated rings. The maximum absolute atomic E-state index is 14.5. The number of phosphoric ester groups is 1. The van der Waals surface area contributed by atoms with Crippen LogP contribution in [-0.4, -0.2) is 361 Å². The molecule has 652 valence electrons. The zero-order valence-electron chi connectivity index (χ0n) is 63.7. The number of rotatable bonds is 52. The van der Waals surface area contributed by atoms with Crippen LogP contribution < -0.4 is 0 Å². The molecular weight excluding hydrogens is 1500 g/mol. The van der Waals surface area contributed by atoms with Gasteiger partial charge in [0.1, 0.15) is 165 Å². The van der Waals surface area contributed by atoms with Gasteiger partial charge in [-0.3, -0.25) is 18.6 Å². The topological polar surface area (TPSA) is 605 Å². The lowest BCUT2D eigenvalue weighted by molar-refractivity contribution is -0.365. The van der Waals surface area contributed by atoms with E-state index in [1.807, 2.05) is 0 Å². The molecule has 39 heteroatoms. The third-order valence-electron chi connectivity index (χ3n) is 21.2. The van der Waals surface area contributed by atoms with Crippen molar-refractivity contribution in [1.82, 2.24) is 0 Å². The van der Waals surface area contributed by atoms with Crippen molar-refractivity contribution in [2.75, 3.05) is 46.2 Å². The van der Waals surface area contributed by atoms with Crippen LogP contribution in [0.25, 0.3) is 0 Å². The molecule has 0 aromatic heterocycles. The fourth-order valence-corrected chi connectivity index (χ4v) is 15.1. The molecule has 33 atom stereocenters. The van der Waals surface area contributed by atoms with Gasteiger partial charge in [0, 0.05) is 12.8 Å². The van der Waals surface area contributed by atoms with Gasteiger partial charge < -0.3 is 164 Å². The zero-order chi connectivity index (χ0) is 81.5.